The molecule has 1 amide bonds. The fourth-order valence-corrected chi connectivity index (χ4v) is 1.44. The Morgan fingerprint density at radius 3 is 2.44 bits per heavy atom. The van der Waals surface area contributed by atoms with Crippen molar-refractivity contribution in [3.8, 4) is 0 Å². The predicted octanol–water partition coefficient (Wildman–Crippen LogP) is 0.354. The Bertz CT molecular complexity index is 262. The van der Waals surface area contributed by atoms with Crippen molar-refractivity contribution in [1.82, 2.24) is 10.6 Å². The van der Waals surface area contributed by atoms with E-state index in [1.54, 1.807) is 13.8 Å². The summed E-state index contributed by atoms with van der Waals surface area (Å²) < 4.78 is 0. The summed E-state index contributed by atoms with van der Waals surface area (Å²) >= 11 is 0. The summed E-state index contributed by atoms with van der Waals surface area (Å²) in [5, 5.41) is 14.6. The minimum absolute atomic E-state index is 0.0992. The Labute approximate surface area is 95.6 Å². The van der Waals surface area contributed by atoms with Crippen molar-refractivity contribution < 1.29 is 14.7 Å². The summed E-state index contributed by atoms with van der Waals surface area (Å²) in [6.07, 6.45) is 2.71. The lowest BCUT2D eigenvalue weighted by atomic mass is 10.0. The van der Waals surface area contributed by atoms with Gasteiger partial charge >= 0.3 is 5.97 Å². The standard InChI is InChI=1S/C11H20N2O3/c1-7(2)10(11(15)16)13-9(14)5-6-12-8-3-4-8/h7-8,10,12H,3-6H2,1-2H3,(H,13,14)(H,15,16). The largest absolute Gasteiger partial charge is 0.480 e. The van der Waals surface area contributed by atoms with Crippen molar-refractivity contribution in [2.75, 3.05) is 6.54 Å². The van der Waals surface area contributed by atoms with E-state index in [2.05, 4.69) is 10.6 Å². The molecule has 0 bridgehead atoms. The van der Waals surface area contributed by atoms with E-state index in [1.165, 1.54) is 12.8 Å². The van der Waals surface area contributed by atoms with E-state index in [1.807, 2.05) is 0 Å². The van der Waals surface area contributed by atoms with E-state index >= 15 is 0 Å². The molecule has 0 aliphatic heterocycles. The summed E-state index contributed by atoms with van der Waals surface area (Å²) in [6.45, 7) is 4.18. The topological polar surface area (TPSA) is 78.4 Å². The van der Waals surface area contributed by atoms with Crippen LogP contribution in [0.5, 0.6) is 0 Å². The molecule has 0 aromatic rings. The lowest BCUT2D eigenvalue weighted by Crippen LogP contribution is -2.45. The number of amides is 1. The minimum Gasteiger partial charge on any atom is -0.480 e. The number of aliphatic carboxylic acids is 1. The van der Waals surface area contributed by atoms with E-state index in [0.29, 0.717) is 19.0 Å². The van der Waals surface area contributed by atoms with Crippen molar-refractivity contribution in [3.63, 3.8) is 0 Å². The van der Waals surface area contributed by atoms with Crippen LogP contribution in [0.1, 0.15) is 33.1 Å². The first kappa shape index (κ1) is 13.0. The number of hydrogen-bond donors (Lipinski definition) is 3. The fraction of sp³-hybridized carbons (Fsp3) is 0.818. The number of carboxylic acids is 1. The maximum atomic E-state index is 11.4. The van der Waals surface area contributed by atoms with E-state index in [9.17, 15) is 9.59 Å². The molecule has 0 heterocycles. The highest BCUT2D eigenvalue weighted by Crippen LogP contribution is 2.18. The third-order valence-corrected chi connectivity index (χ3v) is 2.61. The van der Waals surface area contributed by atoms with Crippen LogP contribution in [0.3, 0.4) is 0 Å². The van der Waals surface area contributed by atoms with Gasteiger partial charge in [-0.25, -0.2) is 4.79 Å². The second kappa shape index (κ2) is 5.84. The van der Waals surface area contributed by atoms with Gasteiger partial charge in [0, 0.05) is 19.0 Å². The van der Waals surface area contributed by atoms with Gasteiger partial charge in [0.15, 0.2) is 0 Å². The molecule has 1 rings (SSSR count). The van der Waals surface area contributed by atoms with Gasteiger partial charge in [0.25, 0.3) is 0 Å². The zero-order valence-corrected chi connectivity index (χ0v) is 9.82. The molecule has 0 aromatic carbocycles. The lowest BCUT2D eigenvalue weighted by Gasteiger charge is -2.17. The Morgan fingerprint density at radius 2 is 2.00 bits per heavy atom. The highest BCUT2D eigenvalue weighted by atomic mass is 16.4. The summed E-state index contributed by atoms with van der Waals surface area (Å²) in [4.78, 5) is 22.3. The highest BCUT2D eigenvalue weighted by molar-refractivity contribution is 5.83. The summed E-state index contributed by atoms with van der Waals surface area (Å²) in [5.74, 6) is -1.27. The lowest BCUT2D eigenvalue weighted by molar-refractivity contribution is -0.143. The molecule has 92 valence electrons. The number of carbonyl (C=O) groups is 2. The number of hydrogen-bond acceptors (Lipinski definition) is 3. The van der Waals surface area contributed by atoms with Crippen molar-refractivity contribution in [3.05, 3.63) is 0 Å². The molecule has 1 unspecified atom stereocenters. The molecule has 1 atom stereocenters. The zero-order valence-electron chi connectivity index (χ0n) is 9.82. The zero-order chi connectivity index (χ0) is 12.1. The molecular formula is C11H20N2O3. The van der Waals surface area contributed by atoms with Gasteiger partial charge < -0.3 is 15.7 Å². The number of carbonyl (C=O) groups excluding carboxylic acids is 1. The van der Waals surface area contributed by atoms with Crippen molar-refractivity contribution in [1.29, 1.82) is 0 Å². The molecule has 1 saturated carbocycles. The average molecular weight is 228 g/mol. The first-order chi connectivity index (χ1) is 7.50. The number of rotatable bonds is 7. The van der Waals surface area contributed by atoms with Crippen LogP contribution >= 0.6 is 0 Å². The Balaban J connectivity index is 2.21. The molecule has 3 N–H and O–H groups in total. The van der Waals surface area contributed by atoms with Crippen molar-refractivity contribution in [2.24, 2.45) is 5.92 Å². The first-order valence-corrected chi connectivity index (χ1v) is 5.76. The Hall–Kier alpha value is -1.10. The first-order valence-electron chi connectivity index (χ1n) is 5.76. The molecule has 1 aliphatic carbocycles. The quantitative estimate of drug-likeness (QED) is 0.587. The summed E-state index contributed by atoms with van der Waals surface area (Å²) in [5.41, 5.74) is 0. The summed E-state index contributed by atoms with van der Waals surface area (Å²) in [6, 6.07) is -0.207. The maximum absolute atomic E-state index is 11.4. The van der Waals surface area contributed by atoms with Crippen LogP contribution in [-0.4, -0.2) is 35.6 Å². The fourth-order valence-electron chi connectivity index (χ4n) is 1.44. The molecule has 1 fully saturated rings. The normalized spacial score (nSPS) is 17.2. The predicted molar refractivity (Wildman–Crippen MR) is 60.0 cm³/mol. The molecule has 0 radical (unpaired) electrons. The third-order valence-electron chi connectivity index (χ3n) is 2.61. The molecule has 5 heteroatoms. The van der Waals surface area contributed by atoms with Gasteiger partial charge in [-0.05, 0) is 18.8 Å². The average Bonchev–Trinajstić information content (AvgIpc) is 2.97. The van der Waals surface area contributed by atoms with Crippen LogP contribution in [0.15, 0.2) is 0 Å². The van der Waals surface area contributed by atoms with Crippen LogP contribution in [-0.2, 0) is 9.59 Å². The van der Waals surface area contributed by atoms with E-state index in [4.69, 9.17) is 5.11 Å². The molecule has 0 spiro atoms. The van der Waals surface area contributed by atoms with Crippen LogP contribution in [0, 0.1) is 5.92 Å². The molecule has 16 heavy (non-hydrogen) atoms. The SMILES string of the molecule is CC(C)C(NC(=O)CCNC1CC1)C(=O)O. The van der Waals surface area contributed by atoms with Gasteiger partial charge in [-0.15, -0.1) is 0 Å². The maximum Gasteiger partial charge on any atom is 0.326 e. The highest BCUT2D eigenvalue weighted by Gasteiger charge is 2.24. The molecule has 0 aromatic heterocycles. The monoisotopic (exact) mass is 228 g/mol. The molecule has 0 saturated heterocycles. The molecule has 5 nitrogen and oxygen atoms in total. The van der Waals surface area contributed by atoms with Gasteiger partial charge in [0.1, 0.15) is 6.04 Å². The van der Waals surface area contributed by atoms with Gasteiger partial charge in [-0.3, -0.25) is 4.79 Å². The van der Waals surface area contributed by atoms with E-state index in [0.717, 1.165) is 0 Å². The molecular weight excluding hydrogens is 208 g/mol. The van der Waals surface area contributed by atoms with Gasteiger partial charge in [-0.2, -0.15) is 0 Å². The Morgan fingerprint density at radius 1 is 1.38 bits per heavy atom. The smallest absolute Gasteiger partial charge is 0.326 e. The molecule has 1 aliphatic rings. The van der Waals surface area contributed by atoms with Crippen LogP contribution < -0.4 is 10.6 Å². The van der Waals surface area contributed by atoms with Crippen LogP contribution in [0.2, 0.25) is 0 Å². The number of nitrogens with one attached hydrogen (secondary N) is 2. The minimum atomic E-state index is -0.974. The third kappa shape index (κ3) is 4.61. The van der Waals surface area contributed by atoms with Gasteiger partial charge in [0.2, 0.25) is 5.91 Å². The second-order valence-corrected chi connectivity index (χ2v) is 4.61. The number of carboxylic acid groups (broad SMARTS) is 1. The Kier molecular flexibility index (Phi) is 4.73. The van der Waals surface area contributed by atoms with Crippen molar-refractivity contribution >= 4 is 11.9 Å². The van der Waals surface area contributed by atoms with Crippen LogP contribution in [0.4, 0.5) is 0 Å². The summed E-state index contributed by atoms with van der Waals surface area (Å²) in [7, 11) is 0. The van der Waals surface area contributed by atoms with Crippen LogP contribution in [0.25, 0.3) is 0 Å². The van der Waals surface area contributed by atoms with Gasteiger partial charge in [-0.1, -0.05) is 13.8 Å². The van der Waals surface area contributed by atoms with Gasteiger partial charge in [0.05, 0.1) is 0 Å². The van der Waals surface area contributed by atoms with E-state index in [-0.39, 0.29) is 11.8 Å². The van der Waals surface area contributed by atoms with E-state index < -0.39 is 12.0 Å². The second-order valence-electron chi connectivity index (χ2n) is 4.61. The van der Waals surface area contributed by atoms with Crippen molar-refractivity contribution in [2.45, 2.75) is 45.2 Å².